The Bertz CT molecular complexity index is 598. The van der Waals surface area contributed by atoms with Gasteiger partial charge in [0, 0.05) is 5.69 Å². The molecule has 0 aliphatic rings. The Labute approximate surface area is 111 Å². The minimum absolute atomic E-state index is 0.269. The summed E-state index contributed by atoms with van der Waals surface area (Å²) in [6, 6.07) is 12.7. The minimum atomic E-state index is -0.321. The molecule has 4 heteroatoms. The van der Waals surface area contributed by atoms with Crippen molar-refractivity contribution in [2.45, 2.75) is 13.0 Å². The third-order valence-corrected chi connectivity index (χ3v) is 2.90. The molecule has 2 aromatic rings. The maximum Gasteiger partial charge on any atom is 0.253 e. The summed E-state index contributed by atoms with van der Waals surface area (Å²) in [6.07, 6.45) is 0. The van der Waals surface area contributed by atoms with Gasteiger partial charge in [0.15, 0.2) is 0 Å². The van der Waals surface area contributed by atoms with Gasteiger partial charge in [-0.3, -0.25) is 4.79 Å². The lowest BCUT2D eigenvalue weighted by Crippen LogP contribution is -2.27. The third kappa shape index (κ3) is 3.10. The van der Waals surface area contributed by atoms with E-state index in [2.05, 4.69) is 5.32 Å². The summed E-state index contributed by atoms with van der Waals surface area (Å²) in [5, 5.41) is 2.79. The molecule has 0 aliphatic carbocycles. The second-order valence-electron chi connectivity index (χ2n) is 4.34. The Morgan fingerprint density at radius 3 is 2.63 bits per heavy atom. The van der Waals surface area contributed by atoms with Crippen molar-refractivity contribution in [1.29, 1.82) is 0 Å². The molecule has 2 rings (SSSR count). The molecule has 98 valence electrons. The highest BCUT2D eigenvalue weighted by Crippen LogP contribution is 2.16. The van der Waals surface area contributed by atoms with Gasteiger partial charge in [-0.2, -0.15) is 0 Å². The van der Waals surface area contributed by atoms with Crippen molar-refractivity contribution in [1.82, 2.24) is 5.32 Å². The number of amides is 1. The summed E-state index contributed by atoms with van der Waals surface area (Å²) in [4.78, 5) is 12.0. The molecule has 0 radical (unpaired) electrons. The first-order valence-corrected chi connectivity index (χ1v) is 5.99. The van der Waals surface area contributed by atoms with E-state index in [1.807, 2.05) is 0 Å². The number of carbonyl (C=O) groups is 1. The molecule has 0 unspecified atom stereocenters. The highest BCUT2D eigenvalue weighted by molar-refractivity contribution is 5.99. The second-order valence-corrected chi connectivity index (χ2v) is 4.34. The quantitative estimate of drug-likeness (QED) is 0.832. The molecule has 0 aromatic heterocycles. The van der Waals surface area contributed by atoms with Crippen LogP contribution in [0.5, 0.6) is 0 Å². The molecule has 0 saturated heterocycles. The number of benzene rings is 2. The van der Waals surface area contributed by atoms with Gasteiger partial charge in [-0.1, -0.05) is 24.3 Å². The van der Waals surface area contributed by atoms with Crippen molar-refractivity contribution in [2.24, 2.45) is 0 Å². The fraction of sp³-hybridized carbons (Fsp3) is 0.133. The Morgan fingerprint density at radius 2 is 1.95 bits per heavy atom. The number of halogens is 1. The maximum atomic E-state index is 13.1. The lowest BCUT2D eigenvalue weighted by atomic mass is 10.1. The molecule has 0 saturated carbocycles. The van der Waals surface area contributed by atoms with Crippen LogP contribution in [0, 0.1) is 5.82 Å². The highest BCUT2D eigenvalue weighted by Gasteiger charge is 2.13. The van der Waals surface area contributed by atoms with E-state index in [0.29, 0.717) is 16.8 Å². The Morgan fingerprint density at radius 1 is 1.21 bits per heavy atom. The predicted octanol–water partition coefficient (Wildman–Crippen LogP) is 2.90. The van der Waals surface area contributed by atoms with Crippen LogP contribution < -0.4 is 11.1 Å². The first-order valence-electron chi connectivity index (χ1n) is 5.99. The van der Waals surface area contributed by atoms with Crippen LogP contribution in [0.15, 0.2) is 48.5 Å². The molecular formula is C15H15FN2O. The van der Waals surface area contributed by atoms with Gasteiger partial charge < -0.3 is 11.1 Å². The van der Waals surface area contributed by atoms with Gasteiger partial charge in [0.25, 0.3) is 5.91 Å². The molecule has 3 nitrogen and oxygen atoms in total. The van der Waals surface area contributed by atoms with Crippen molar-refractivity contribution >= 4 is 11.6 Å². The first kappa shape index (κ1) is 13.1. The lowest BCUT2D eigenvalue weighted by Gasteiger charge is -2.15. The molecule has 3 N–H and O–H groups in total. The van der Waals surface area contributed by atoms with Gasteiger partial charge in [0.2, 0.25) is 0 Å². The summed E-state index contributed by atoms with van der Waals surface area (Å²) >= 11 is 0. The fourth-order valence-electron chi connectivity index (χ4n) is 1.84. The smallest absolute Gasteiger partial charge is 0.253 e. The number of nitrogen functional groups attached to an aromatic ring is 1. The normalized spacial score (nSPS) is 11.9. The van der Waals surface area contributed by atoms with Crippen LogP contribution in [-0.2, 0) is 0 Å². The Balaban J connectivity index is 2.13. The molecule has 0 spiro atoms. The van der Waals surface area contributed by atoms with Crippen LogP contribution in [-0.4, -0.2) is 5.91 Å². The Hall–Kier alpha value is -2.36. The van der Waals surface area contributed by atoms with E-state index >= 15 is 0 Å². The average molecular weight is 258 g/mol. The SMILES string of the molecule is C[C@H](NC(=O)c1ccccc1N)c1cccc(F)c1. The van der Waals surface area contributed by atoms with Crippen molar-refractivity contribution in [3.05, 3.63) is 65.5 Å². The molecule has 0 bridgehead atoms. The highest BCUT2D eigenvalue weighted by atomic mass is 19.1. The topological polar surface area (TPSA) is 55.1 Å². The molecular weight excluding hydrogens is 243 g/mol. The van der Waals surface area contributed by atoms with Crippen molar-refractivity contribution in [3.63, 3.8) is 0 Å². The van der Waals surface area contributed by atoms with E-state index in [1.165, 1.54) is 12.1 Å². The van der Waals surface area contributed by atoms with Gasteiger partial charge in [0.1, 0.15) is 5.82 Å². The standard InChI is InChI=1S/C15H15FN2O/c1-10(11-5-4-6-12(16)9-11)18-15(19)13-7-2-3-8-14(13)17/h2-10H,17H2,1H3,(H,18,19)/t10-/m0/s1. The lowest BCUT2D eigenvalue weighted by molar-refractivity contribution is 0.0940. The van der Waals surface area contributed by atoms with Gasteiger partial charge >= 0.3 is 0 Å². The number of nitrogens with two attached hydrogens (primary N) is 1. The van der Waals surface area contributed by atoms with Crippen LogP contribution in [0.25, 0.3) is 0 Å². The molecule has 0 fully saturated rings. The minimum Gasteiger partial charge on any atom is -0.398 e. The molecule has 19 heavy (non-hydrogen) atoms. The van der Waals surface area contributed by atoms with Crippen LogP contribution >= 0.6 is 0 Å². The summed E-state index contributed by atoms with van der Waals surface area (Å²) in [6.45, 7) is 1.80. The van der Waals surface area contributed by atoms with Crippen molar-refractivity contribution in [2.75, 3.05) is 5.73 Å². The van der Waals surface area contributed by atoms with Gasteiger partial charge in [-0.15, -0.1) is 0 Å². The van der Waals surface area contributed by atoms with Crippen molar-refractivity contribution < 1.29 is 9.18 Å². The van der Waals surface area contributed by atoms with Crippen LogP contribution in [0.4, 0.5) is 10.1 Å². The third-order valence-electron chi connectivity index (χ3n) is 2.90. The fourth-order valence-corrected chi connectivity index (χ4v) is 1.84. The van der Waals surface area contributed by atoms with Crippen LogP contribution in [0.2, 0.25) is 0 Å². The number of carbonyl (C=O) groups excluding carboxylic acids is 1. The van der Waals surface area contributed by atoms with E-state index in [9.17, 15) is 9.18 Å². The number of hydrogen-bond acceptors (Lipinski definition) is 2. The van der Waals surface area contributed by atoms with E-state index in [4.69, 9.17) is 5.73 Å². The zero-order chi connectivity index (χ0) is 13.8. The largest absolute Gasteiger partial charge is 0.398 e. The number of nitrogens with one attached hydrogen (secondary N) is 1. The summed E-state index contributed by atoms with van der Waals surface area (Å²) in [5.74, 6) is -0.590. The zero-order valence-electron chi connectivity index (χ0n) is 10.6. The number of anilines is 1. The van der Waals surface area contributed by atoms with E-state index in [0.717, 1.165) is 0 Å². The summed E-state index contributed by atoms with van der Waals surface area (Å²) < 4.78 is 13.1. The number of para-hydroxylation sites is 1. The van der Waals surface area contributed by atoms with E-state index in [1.54, 1.807) is 43.3 Å². The van der Waals surface area contributed by atoms with E-state index in [-0.39, 0.29) is 17.8 Å². The molecule has 1 atom stereocenters. The first-order chi connectivity index (χ1) is 9.08. The predicted molar refractivity (Wildman–Crippen MR) is 73.1 cm³/mol. The number of rotatable bonds is 3. The molecule has 0 heterocycles. The van der Waals surface area contributed by atoms with Crippen molar-refractivity contribution in [3.8, 4) is 0 Å². The average Bonchev–Trinajstić information content (AvgIpc) is 2.39. The summed E-state index contributed by atoms with van der Waals surface area (Å²) in [5.41, 5.74) is 7.29. The monoisotopic (exact) mass is 258 g/mol. The molecule has 0 aliphatic heterocycles. The van der Waals surface area contributed by atoms with E-state index < -0.39 is 0 Å². The molecule has 2 aromatic carbocycles. The molecule has 1 amide bonds. The van der Waals surface area contributed by atoms with Gasteiger partial charge in [-0.25, -0.2) is 4.39 Å². The van der Waals surface area contributed by atoms with Gasteiger partial charge in [0.05, 0.1) is 11.6 Å². The van der Waals surface area contributed by atoms with Crippen LogP contribution in [0.1, 0.15) is 28.9 Å². The Kier molecular flexibility index (Phi) is 3.80. The van der Waals surface area contributed by atoms with Gasteiger partial charge in [-0.05, 0) is 36.8 Å². The second kappa shape index (κ2) is 5.52. The number of hydrogen-bond donors (Lipinski definition) is 2. The maximum absolute atomic E-state index is 13.1. The van der Waals surface area contributed by atoms with Crippen LogP contribution in [0.3, 0.4) is 0 Å². The summed E-state index contributed by atoms with van der Waals surface area (Å²) in [7, 11) is 0. The zero-order valence-corrected chi connectivity index (χ0v) is 10.6.